The third kappa shape index (κ3) is 4.58. The predicted octanol–water partition coefficient (Wildman–Crippen LogP) is 2.36. The first kappa shape index (κ1) is 12.2. The van der Waals surface area contributed by atoms with Crippen LogP contribution in [0.25, 0.3) is 0 Å². The van der Waals surface area contributed by atoms with Gasteiger partial charge in [0.25, 0.3) is 0 Å². The molecule has 0 aliphatic carbocycles. The Hall–Kier alpha value is 0.140. The highest BCUT2D eigenvalue weighted by Gasteiger charge is 2.17. The van der Waals surface area contributed by atoms with Gasteiger partial charge < -0.3 is 10.2 Å². The third-order valence-corrected chi connectivity index (χ3v) is 3.17. The first-order valence-electron chi connectivity index (χ1n) is 5.44. The van der Waals surface area contributed by atoms with E-state index in [-0.39, 0.29) is 0 Å². The third-order valence-electron chi connectivity index (χ3n) is 2.89. The number of rotatable bonds is 5. The Morgan fingerprint density at radius 3 is 3.00 bits per heavy atom. The summed E-state index contributed by atoms with van der Waals surface area (Å²) in [6.07, 6.45) is 5.41. The topological polar surface area (TPSA) is 15.3 Å². The molecule has 0 spiro atoms. The molecule has 1 unspecified atom stereocenters. The molecule has 0 saturated carbocycles. The highest BCUT2D eigenvalue weighted by molar-refractivity contribution is 9.11. The Bertz CT molecular complexity index is 182. The zero-order valence-corrected chi connectivity index (χ0v) is 10.6. The van der Waals surface area contributed by atoms with Gasteiger partial charge in [-0.2, -0.15) is 0 Å². The van der Waals surface area contributed by atoms with Gasteiger partial charge in [-0.15, -0.1) is 0 Å². The van der Waals surface area contributed by atoms with Crippen molar-refractivity contribution in [3.05, 3.63) is 11.1 Å². The number of nitrogens with zero attached hydrogens (tertiary/aromatic N) is 1. The minimum atomic E-state index is 0.792. The predicted molar refractivity (Wildman–Crippen MR) is 65.8 cm³/mol. The summed E-state index contributed by atoms with van der Waals surface area (Å²) in [5.74, 6) is 0. The van der Waals surface area contributed by atoms with Gasteiger partial charge in [0.2, 0.25) is 0 Å². The van der Waals surface area contributed by atoms with Crippen LogP contribution in [-0.4, -0.2) is 37.6 Å². The summed E-state index contributed by atoms with van der Waals surface area (Å²) in [6.45, 7) is 7.05. The SMILES string of the molecule is C=C(Br)CNCCC1CCCCN1C. The van der Waals surface area contributed by atoms with Crippen molar-refractivity contribution in [2.75, 3.05) is 26.7 Å². The molecule has 0 bridgehead atoms. The number of piperidine rings is 1. The summed E-state index contributed by atoms with van der Waals surface area (Å²) in [5, 5.41) is 3.38. The first-order chi connectivity index (χ1) is 6.70. The maximum atomic E-state index is 3.80. The van der Waals surface area contributed by atoms with Gasteiger partial charge >= 0.3 is 0 Å². The van der Waals surface area contributed by atoms with Crippen LogP contribution in [0.1, 0.15) is 25.7 Å². The fourth-order valence-corrected chi connectivity index (χ4v) is 2.20. The van der Waals surface area contributed by atoms with Gasteiger partial charge in [-0.3, -0.25) is 0 Å². The molecule has 0 aromatic rings. The molecule has 1 heterocycles. The van der Waals surface area contributed by atoms with Gasteiger partial charge in [0.15, 0.2) is 0 Å². The molecule has 0 aromatic carbocycles. The van der Waals surface area contributed by atoms with Crippen LogP contribution < -0.4 is 5.32 Å². The van der Waals surface area contributed by atoms with Crippen LogP contribution in [0.15, 0.2) is 11.1 Å². The van der Waals surface area contributed by atoms with Crippen molar-refractivity contribution in [3.8, 4) is 0 Å². The Morgan fingerprint density at radius 2 is 2.36 bits per heavy atom. The lowest BCUT2D eigenvalue weighted by molar-refractivity contribution is 0.176. The van der Waals surface area contributed by atoms with Gasteiger partial charge in [-0.1, -0.05) is 28.9 Å². The maximum Gasteiger partial charge on any atom is 0.0265 e. The van der Waals surface area contributed by atoms with Crippen molar-refractivity contribution >= 4 is 15.9 Å². The lowest BCUT2D eigenvalue weighted by atomic mass is 10.0. The smallest absolute Gasteiger partial charge is 0.0265 e. The molecule has 14 heavy (non-hydrogen) atoms. The van der Waals surface area contributed by atoms with E-state index in [1.54, 1.807) is 0 Å². The van der Waals surface area contributed by atoms with Crippen LogP contribution in [0.3, 0.4) is 0 Å². The lowest BCUT2D eigenvalue weighted by Crippen LogP contribution is -2.38. The molecule has 0 aromatic heterocycles. The molecule has 0 amide bonds. The highest BCUT2D eigenvalue weighted by Crippen LogP contribution is 2.17. The molecular formula is C11H21BrN2. The van der Waals surface area contributed by atoms with Crippen molar-refractivity contribution in [2.45, 2.75) is 31.7 Å². The second kappa shape index (κ2) is 6.59. The summed E-state index contributed by atoms with van der Waals surface area (Å²) in [5.41, 5.74) is 0. The van der Waals surface area contributed by atoms with Crippen LogP contribution in [0.4, 0.5) is 0 Å². The van der Waals surface area contributed by atoms with Crippen molar-refractivity contribution in [1.29, 1.82) is 0 Å². The second-order valence-corrected chi connectivity index (χ2v) is 5.23. The molecule has 1 aliphatic rings. The fourth-order valence-electron chi connectivity index (χ4n) is 2.00. The Balaban J connectivity index is 2.07. The minimum absolute atomic E-state index is 0.792. The van der Waals surface area contributed by atoms with E-state index in [2.05, 4.69) is 39.8 Å². The van der Waals surface area contributed by atoms with Crippen LogP contribution in [0.2, 0.25) is 0 Å². The molecule has 1 fully saturated rings. The van der Waals surface area contributed by atoms with Crippen molar-refractivity contribution < 1.29 is 0 Å². The standard InChI is InChI=1S/C11H21BrN2/c1-10(12)9-13-7-6-11-5-3-4-8-14(11)2/h11,13H,1,3-9H2,2H3. The summed E-state index contributed by atoms with van der Waals surface area (Å²) < 4.78 is 1.04. The molecule has 1 rings (SSSR count). The number of hydrogen-bond donors (Lipinski definition) is 1. The number of halogens is 1. The van der Waals surface area contributed by atoms with Crippen LogP contribution in [0.5, 0.6) is 0 Å². The van der Waals surface area contributed by atoms with Gasteiger partial charge in [-0.05, 0) is 39.4 Å². The second-order valence-electron chi connectivity index (χ2n) is 4.11. The highest BCUT2D eigenvalue weighted by atomic mass is 79.9. The molecule has 1 atom stereocenters. The lowest BCUT2D eigenvalue weighted by Gasteiger charge is -2.32. The molecule has 1 aliphatic heterocycles. The fraction of sp³-hybridized carbons (Fsp3) is 0.818. The average molecular weight is 261 g/mol. The van der Waals surface area contributed by atoms with E-state index in [0.29, 0.717) is 0 Å². The van der Waals surface area contributed by atoms with Gasteiger partial charge in [0.1, 0.15) is 0 Å². The quantitative estimate of drug-likeness (QED) is 0.764. The minimum Gasteiger partial charge on any atom is -0.312 e. The summed E-state index contributed by atoms with van der Waals surface area (Å²) in [4.78, 5) is 2.49. The number of likely N-dealkylation sites (tertiary alicyclic amines) is 1. The van der Waals surface area contributed by atoms with Crippen LogP contribution in [0, 0.1) is 0 Å². The summed E-state index contributed by atoms with van der Waals surface area (Å²) in [6, 6.07) is 0.792. The molecule has 0 radical (unpaired) electrons. The Labute approximate surface area is 95.9 Å². The molecule has 1 N–H and O–H groups in total. The first-order valence-corrected chi connectivity index (χ1v) is 6.23. The molecule has 82 valence electrons. The maximum absolute atomic E-state index is 3.80. The molecule has 1 saturated heterocycles. The zero-order valence-electron chi connectivity index (χ0n) is 9.06. The van der Waals surface area contributed by atoms with Gasteiger partial charge in [0, 0.05) is 17.1 Å². The number of hydrogen-bond acceptors (Lipinski definition) is 2. The van der Waals surface area contributed by atoms with Crippen LogP contribution >= 0.6 is 15.9 Å². The van der Waals surface area contributed by atoms with E-state index >= 15 is 0 Å². The Morgan fingerprint density at radius 1 is 1.57 bits per heavy atom. The molecule has 3 heteroatoms. The van der Waals surface area contributed by atoms with E-state index < -0.39 is 0 Å². The molecular weight excluding hydrogens is 240 g/mol. The summed E-state index contributed by atoms with van der Waals surface area (Å²) >= 11 is 3.35. The zero-order chi connectivity index (χ0) is 10.4. The van der Waals surface area contributed by atoms with E-state index in [9.17, 15) is 0 Å². The average Bonchev–Trinajstić information content (AvgIpc) is 2.15. The normalized spacial score (nSPS) is 23.7. The van der Waals surface area contributed by atoms with Crippen molar-refractivity contribution in [3.63, 3.8) is 0 Å². The monoisotopic (exact) mass is 260 g/mol. The van der Waals surface area contributed by atoms with Crippen LogP contribution in [-0.2, 0) is 0 Å². The van der Waals surface area contributed by atoms with E-state index in [1.807, 2.05) is 0 Å². The Kier molecular flexibility index (Phi) is 5.75. The summed E-state index contributed by atoms with van der Waals surface area (Å²) in [7, 11) is 2.24. The molecule has 2 nitrogen and oxygen atoms in total. The van der Waals surface area contributed by atoms with Crippen molar-refractivity contribution in [1.82, 2.24) is 10.2 Å². The van der Waals surface area contributed by atoms with Gasteiger partial charge in [-0.25, -0.2) is 0 Å². The van der Waals surface area contributed by atoms with E-state index in [0.717, 1.165) is 23.6 Å². The van der Waals surface area contributed by atoms with Crippen molar-refractivity contribution in [2.24, 2.45) is 0 Å². The van der Waals surface area contributed by atoms with E-state index in [1.165, 1.54) is 32.2 Å². The largest absolute Gasteiger partial charge is 0.312 e. The van der Waals surface area contributed by atoms with Gasteiger partial charge in [0.05, 0.1) is 0 Å². The number of nitrogens with one attached hydrogen (secondary N) is 1. The van der Waals surface area contributed by atoms with E-state index in [4.69, 9.17) is 0 Å².